The van der Waals surface area contributed by atoms with E-state index in [4.69, 9.17) is 27.9 Å². The van der Waals surface area contributed by atoms with Crippen molar-refractivity contribution in [2.75, 3.05) is 33.3 Å². The van der Waals surface area contributed by atoms with Crippen molar-refractivity contribution in [1.82, 2.24) is 9.21 Å². The van der Waals surface area contributed by atoms with Crippen LogP contribution in [0.1, 0.15) is 10.4 Å². The molecule has 3 rings (SSSR count). The van der Waals surface area contributed by atoms with Gasteiger partial charge in [-0.3, -0.25) is 14.9 Å². The van der Waals surface area contributed by atoms with E-state index in [2.05, 4.69) is 0 Å². The van der Waals surface area contributed by atoms with Crippen molar-refractivity contribution in [3.05, 3.63) is 62.1 Å². The number of ether oxygens (including phenoxy) is 1. The van der Waals surface area contributed by atoms with Crippen LogP contribution in [0.5, 0.6) is 5.75 Å². The number of methoxy groups -OCH3 is 1. The van der Waals surface area contributed by atoms with Crippen molar-refractivity contribution in [1.29, 1.82) is 0 Å². The standard InChI is InChI=1S/C18H17Cl2N3O6S/c1-29-17-5-2-12(10-16(17)23(25)26)18(24)21-6-8-22(9-7-21)30(27,28)13-3-4-14(19)15(20)11-13/h2-5,10-11H,6-9H2,1H3. The second kappa shape index (κ2) is 8.76. The number of piperazine rings is 1. The Kier molecular flexibility index (Phi) is 6.51. The number of hydrogen-bond donors (Lipinski definition) is 0. The predicted octanol–water partition coefficient (Wildman–Crippen LogP) is 3.06. The minimum atomic E-state index is -3.80. The molecular weight excluding hydrogens is 457 g/mol. The summed E-state index contributed by atoms with van der Waals surface area (Å²) in [6.07, 6.45) is 0. The highest BCUT2D eigenvalue weighted by Gasteiger charge is 2.31. The van der Waals surface area contributed by atoms with Gasteiger partial charge in [-0.1, -0.05) is 23.2 Å². The van der Waals surface area contributed by atoms with Gasteiger partial charge in [0.25, 0.3) is 5.91 Å². The molecule has 1 heterocycles. The Labute approximate surface area is 182 Å². The summed E-state index contributed by atoms with van der Waals surface area (Å²) >= 11 is 11.8. The van der Waals surface area contributed by atoms with Crippen molar-refractivity contribution in [3.8, 4) is 5.75 Å². The van der Waals surface area contributed by atoms with Crippen LogP contribution in [0.15, 0.2) is 41.3 Å². The molecule has 1 amide bonds. The lowest BCUT2D eigenvalue weighted by Gasteiger charge is -2.34. The number of halogens is 2. The molecular formula is C18H17Cl2N3O6S. The van der Waals surface area contributed by atoms with Gasteiger partial charge >= 0.3 is 5.69 Å². The summed E-state index contributed by atoms with van der Waals surface area (Å²) in [6, 6.07) is 8.02. The number of carbonyl (C=O) groups excluding carboxylic acids is 1. The summed E-state index contributed by atoms with van der Waals surface area (Å²) in [7, 11) is -2.49. The van der Waals surface area contributed by atoms with Gasteiger partial charge < -0.3 is 9.64 Å². The highest BCUT2D eigenvalue weighted by Crippen LogP contribution is 2.29. The van der Waals surface area contributed by atoms with E-state index in [0.717, 1.165) is 6.07 Å². The summed E-state index contributed by atoms with van der Waals surface area (Å²) in [6.45, 7) is 0.428. The quantitative estimate of drug-likeness (QED) is 0.487. The normalized spacial score (nSPS) is 15.1. The zero-order valence-corrected chi connectivity index (χ0v) is 18.1. The molecule has 1 aliphatic rings. The van der Waals surface area contributed by atoms with E-state index >= 15 is 0 Å². The number of carbonyl (C=O) groups is 1. The molecule has 0 atom stereocenters. The van der Waals surface area contributed by atoms with Crippen LogP contribution < -0.4 is 4.74 Å². The fourth-order valence-corrected chi connectivity index (χ4v) is 4.88. The van der Waals surface area contributed by atoms with Crippen LogP contribution in [-0.4, -0.2) is 61.7 Å². The number of nitro groups is 1. The third kappa shape index (κ3) is 4.36. The Morgan fingerprint density at radius 1 is 1.07 bits per heavy atom. The molecule has 0 aromatic heterocycles. The Morgan fingerprint density at radius 2 is 1.73 bits per heavy atom. The summed E-state index contributed by atoms with van der Waals surface area (Å²) in [4.78, 5) is 24.8. The second-order valence-corrected chi connectivity index (χ2v) is 9.17. The summed E-state index contributed by atoms with van der Waals surface area (Å²) in [5, 5.41) is 11.6. The molecule has 0 radical (unpaired) electrons. The summed E-state index contributed by atoms with van der Waals surface area (Å²) in [5.74, 6) is -0.374. The Balaban J connectivity index is 1.73. The molecule has 0 spiro atoms. The van der Waals surface area contributed by atoms with Gasteiger partial charge in [0.1, 0.15) is 0 Å². The number of nitro benzene ring substituents is 1. The van der Waals surface area contributed by atoms with Crippen LogP contribution in [0.4, 0.5) is 5.69 Å². The first-order valence-electron chi connectivity index (χ1n) is 8.72. The molecule has 0 saturated carbocycles. The first-order chi connectivity index (χ1) is 14.1. The van der Waals surface area contributed by atoms with E-state index in [-0.39, 0.29) is 58.1 Å². The Hall–Kier alpha value is -2.40. The van der Waals surface area contributed by atoms with E-state index in [1.54, 1.807) is 0 Å². The minimum absolute atomic E-state index is 0.0162. The summed E-state index contributed by atoms with van der Waals surface area (Å²) < 4.78 is 31.8. The predicted molar refractivity (Wildman–Crippen MR) is 111 cm³/mol. The number of benzene rings is 2. The molecule has 0 aliphatic carbocycles. The topological polar surface area (TPSA) is 110 Å². The molecule has 0 bridgehead atoms. The lowest BCUT2D eigenvalue weighted by Crippen LogP contribution is -2.50. The smallest absolute Gasteiger partial charge is 0.311 e. The van der Waals surface area contributed by atoms with E-state index < -0.39 is 20.9 Å². The lowest BCUT2D eigenvalue weighted by molar-refractivity contribution is -0.385. The fraction of sp³-hybridized carbons (Fsp3) is 0.278. The molecule has 1 aliphatic heterocycles. The Morgan fingerprint density at radius 3 is 2.30 bits per heavy atom. The average Bonchev–Trinajstić information content (AvgIpc) is 2.74. The Bertz CT molecular complexity index is 1100. The molecule has 12 heteroatoms. The molecule has 0 unspecified atom stereocenters. The molecule has 1 fully saturated rings. The van der Waals surface area contributed by atoms with Gasteiger partial charge in [-0.05, 0) is 30.3 Å². The van der Waals surface area contributed by atoms with Crippen LogP contribution in [-0.2, 0) is 10.0 Å². The highest BCUT2D eigenvalue weighted by atomic mass is 35.5. The lowest BCUT2D eigenvalue weighted by atomic mass is 10.1. The van der Waals surface area contributed by atoms with Crippen molar-refractivity contribution in [3.63, 3.8) is 0 Å². The van der Waals surface area contributed by atoms with Crippen molar-refractivity contribution in [2.24, 2.45) is 0 Å². The van der Waals surface area contributed by atoms with Crippen molar-refractivity contribution in [2.45, 2.75) is 4.90 Å². The number of nitrogens with zero attached hydrogens (tertiary/aromatic N) is 3. The van der Waals surface area contributed by atoms with E-state index in [1.165, 1.54) is 46.6 Å². The molecule has 2 aromatic carbocycles. The molecule has 9 nitrogen and oxygen atoms in total. The SMILES string of the molecule is COc1ccc(C(=O)N2CCN(S(=O)(=O)c3ccc(Cl)c(Cl)c3)CC2)cc1[N+](=O)[O-]. The maximum atomic E-state index is 12.8. The van der Waals surface area contributed by atoms with Crippen molar-refractivity contribution >= 4 is 44.8 Å². The zero-order valence-electron chi connectivity index (χ0n) is 15.7. The van der Waals surface area contributed by atoms with Gasteiger partial charge in [0, 0.05) is 37.8 Å². The third-order valence-corrected chi connectivity index (χ3v) is 7.31. The second-order valence-electron chi connectivity index (χ2n) is 6.42. The van der Waals surface area contributed by atoms with Crippen LogP contribution in [0.3, 0.4) is 0 Å². The number of sulfonamides is 1. The molecule has 0 N–H and O–H groups in total. The van der Waals surface area contributed by atoms with Gasteiger partial charge in [0.2, 0.25) is 10.0 Å². The number of amides is 1. The first-order valence-corrected chi connectivity index (χ1v) is 10.9. The molecule has 2 aromatic rings. The van der Waals surface area contributed by atoms with Crippen LogP contribution in [0, 0.1) is 10.1 Å². The maximum absolute atomic E-state index is 12.8. The van der Waals surface area contributed by atoms with E-state index in [1.807, 2.05) is 0 Å². The highest BCUT2D eigenvalue weighted by molar-refractivity contribution is 7.89. The van der Waals surface area contributed by atoms with Gasteiger partial charge in [0.05, 0.1) is 27.0 Å². The number of hydrogen-bond acceptors (Lipinski definition) is 6. The molecule has 160 valence electrons. The zero-order chi connectivity index (χ0) is 22.1. The van der Waals surface area contributed by atoms with Gasteiger partial charge in [-0.15, -0.1) is 0 Å². The largest absolute Gasteiger partial charge is 0.490 e. The van der Waals surface area contributed by atoms with E-state index in [9.17, 15) is 23.3 Å². The first kappa shape index (κ1) is 22.3. The van der Waals surface area contributed by atoms with E-state index in [0.29, 0.717) is 0 Å². The van der Waals surface area contributed by atoms with Crippen LogP contribution >= 0.6 is 23.2 Å². The monoisotopic (exact) mass is 473 g/mol. The van der Waals surface area contributed by atoms with Crippen LogP contribution in [0.2, 0.25) is 10.0 Å². The third-order valence-electron chi connectivity index (χ3n) is 4.68. The van der Waals surface area contributed by atoms with Gasteiger partial charge in [-0.25, -0.2) is 8.42 Å². The molecule has 1 saturated heterocycles. The average molecular weight is 474 g/mol. The minimum Gasteiger partial charge on any atom is -0.490 e. The molecule has 30 heavy (non-hydrogen) atoms. The van der Waals surface area contributed by atoms with Crippen LogP contribution in [0.25, 0.3) is 0 Å². The van der Waals surface area contributed by atoms with Gasteiger partial charge in [0.15, 0.2) is 5.75 Å². The fourth-order valence-electron chi connectivity index (χ4n) is 3.07. The van der Waals surface area contributed by atoms with Gasteiger partial charge in [-0.2, -0.15) is 4.31 Å². The summed E-state index contributed by atoms with van der Waals surface area (Å²) in [5.41, 5.74) is -0.188. The maximum Gasteiger partial charge on any atom is 0.311 e. The van der Waals surface area contributed by atoms with Crippen molar-refractivity contribution < 1.29 is 22.9 Å². The number of rotatable bonds is 5.